The van der Waals surface area contributed by atoms with Gasteiger partial charge in [0.15, 0.2) is 18.1 Å². The van der Waals surface area contributed by atoms with E-state index in [1.165, 1.54) is 37.5 Å². The highest BCUT2D eigenvalue weighted by atomic mass is 16.6. The van der Waals surface area contributed by atoms with Crippen LogP contribution in [-0.2, 0) is 16.1 Å². The summed E-state index contributed by atoms with van der Waals surface area (Å²) in [6.07, 6.45) is 2.81. The summed E-state index contributed by atoms with van der Waals surface area (Å²) >= 11 is 0. The van der Waals surface area contributed by atoms with Crippen LogP contribution in [0.15, 0.2) is 48.5 Å². The van der Waals surface area contributed by atoms with Gasteiger partial charge in [0.25, 0.3) is 5.69 Å². The summed E-state index contributed by atoms with van der Waals surface area (Å²) in [7, 11) is 1.47. The molecule has 0 aliphatic heterocycles. The predicted octanol–water partition coefficient (Wildman–Crippen LogP) is 3.26. The van der Waals surface area contributed by atoms with Gasteiger partial charge in [0, 0.05) is 18.2 Å². The second kappa shape index (κ2) is 9.58. The van der Waals surface area contributed by atoms with Crippen molar-refractivity contribution in [3.8, 4) is 17.6 Å². The number of carbonyl (C=O) groups is 1. The zero-order chi connectivity index (χ0) is 19.6. The maximum atomic E-state index is 11.8. The van der Waals surface area contributed by atoms with Crippen LogP contribution in [0.25, 0.3) is 6.08 Å². The molecule has 0 bridgehead atoms. The topological polar surface area (TPSA) is 112 Å². The quantitative estimate of drug-likeness (QED) is 0.304. The molecule has 0 aliphatic rings. The number of nitro benzene ring substituents is 1. The third-order valence-electron chi connectivity index (χ3n) is 3.42. The fraction of sp³-hybridized carbons (Fsp3) is 0.158. The molecule has 0 saturated heterocycles. The van der Waals surface area contributed by atoms with Crippen molar-refractivity contribution in [2.45, 2.75) is 6.61 Å². The van der Waals surface area contributed by atoms with Crippen LogP contribution in [0.5, 0.6) is 11.5 Å². The summed E-state index contributed by atoms with van der Waals surface area (Å²) in [6.45, 7) is -0.0913. The Morgan fingerprint density at radius 1 is 1.22 bits per heavy atom. The molecular weight excluding hydrogens is 352 g/mol. The zero-order valence-corrected chi connectivity index (χ0v) is 14.5. The van der Waals surface area contributed by atoms with Gasteiger partial charge in [0.1, 0.15) is 12.7 Å². The van der Waals surface area contributed by atoms with E-state index in [-0.39, 0.29) is 18.9 Å². The average Bonchev–Trinajstić information content (AvgIpc) is 2.69. The lowest BCUT2D eigenvalue weighted by atomic mass is 10.2. The number of non-ortho nitro benzene ring substituents is 1. The third-order valence-corrected chi connectivity index (χ3v) is 3.42. The van der Waals surface area contributed by atoms with Crippen molar-refractivity contribution in [3.63, 3.8) is 0 Å². The van der Waals surface area contributed by atoms with Gasteiger partial charge in [-0.3, -0.25) is 10.1 Å². The van der Waals surface area contributed by atoms with Gasteiger partial charge in [0.05, 0.1) is 12.0 Å². The van der Waals surface area contributed by atoms with Crippen LogP contribution in [0.2, 0.25) is 0 Å². The highest BCUT2D eigenvalue weighted by molar-refractivity contribution is 5.87. The maximum Gasteiger partial charge on any atom is 0.331 e. The van der Waals surface area contributed by atoms with Crippen molar-refractivity contribution in [2.24, 2.45) is 0 Å². The van der Waals surface area contributed by atoms with E-state index in [2.05, 4.69) is 0 Å². The molecule has 27 heavy (non-hydrogen) atoms. The van der Waals surface area contributed by atoms with E-state index in [4.69, 9.17) is 19.5 Å². The number of rotatable bonds is 8. The second-order valence-corrected chi connectivity index (χ2v) is 5.22. The van der Waals surface area contributed by atoms with E-state index in [0.29, 0.717) is 22.6 Å². The number of nitro groups is 1. The number of methoxy groups -OCH3 is 1. The van der Waals surface area contributed by atoms with Crippen LogP contribution in [0, 0.1) is 21.4 Å². The van der Waals surface area contributed by atoms with Crippen molar-refractivity contribution >= 4 is 17.7 Å². The van der Waals surface area contributed by atoms with Crippen molar-refractivity contribution in [1.82, 2.24) is 0 Å². The molecule has 0 unspecified atom stereocenters. The Morgan fingerprint density at radius 2 is 1.96 bits per heavy atom. The summed E-state index contributed by atoms with van der Waals surface area (Å²) in [4.78, 5) is 21.9. The molecule has 0 radical (unpaired) electrons. The molecule has 2 aromatic carbocycles. The number of ether oxygens (including phenoxy) is 3. The number of carbonyl (C=O) groups excluding carboxylic acids is 1. The molecule has 8 heteroatoms. The first-order valence-corrected chi connectivity index (χ1v) is 7.79. The SMILES string of the molecule is COc1cc(/C=C/C(=O)OCc2ccc([N+](=O)[O-])cc2)ccc1OCC#N. The van der Waals surface area contributed by atoms with Gasteiger partial charge in [-0.2, -0.15) is 5.26 Å². The molecule has 0 fully saturated rings. The summed E-state index contributed by atoms with van der Waals surface area (Å²) in [5.41, 5.74) is 1.30. The molecule has 8 nitrogen and oxygen atoms in total. The molecule has 0 saturated carbocycles. The van der Waals surface area contributed by atoms with Crippen LogP contribution >= 0.6 is 0 Å². The normalized spacial score (nSPS) is 10.2. The number of nitrogens with zero attached hydrogens (tertiary/aromatic N) is 2. The Balaban J connectivity index is 1.93. The molecule has 0 spiro atoms. The number of nitriles is 1. The van der Waals surface area contributed by atoms with E-state index in [9.17, 15) is 14.9 Å². The number of hydrogen-bond acceptors (Lipinski definition) is 7. The van der Waals surface area contributed by atoms with Crippen LogP contribution < -0.4 is 9.47 Å². The first-order chi connectivity index (χ1) is 13.0. The summed E-state index contributed by atoms with van der Waals surface area (Å²) in [5, 5.41) is 19.2. The molecule has 0 heterocycles. The standard InChI is InChI=1S/C19H16N2O6/c1-25-18-12-14(4-8-17(18)26-11-10-20)5-9-19(22)27-13-15-2-6-16(7-3-15)21(23)24/h2-9,12H,11,13H2,1H3/b9-5+. The lowest BCUT2D eigenvalue weighted by molar-refractivity contribution is -0.384. The molecule has 0 amide bonds. The smallest absolute Gasteiger partial charge is 0.331 e. The van der Waals surface area contributed by atoms with Crippen LogP contribution in [0.1, 0.15) is 11.1 Å². The van der Waals surface area contributed by atoms with E-state index in [0.717, 1.165) is 0 Å². The third kappa shape index (κ3) is 5.86. The van der Waals surface area contributed by atoms with Gasteiger partial charge < -0.3 is 14.2 Å². The van der Waals surface area contributed by atoms with Crippen molar-refractivity contribution < 1.29 is 23.9 Å². The minimum absolute atomic E-state index is 0.00538. The molecule has 0 aliphatic carbocycles. The van der Waals surface area contributed by atoms with Gasteiger partial charge >= 0.3 is 5.97 Å². The van der Waals surface area contributed by atoms with E-state index in [1.54, 1.807) is 24.3 Å². The maximum absolute atomic E-state index is 11.8. The van der Waals surface area contributed by atoms with E-state index < -0.39 is 10.9 Å². The molecule has 0 N–H and O–H groups in total. The first-order valence-electron chi connectivity index (χ1n) is 7.79. The molecular formula is C19H16N2O6. The molecule has 0 aromatic heterocycles. The van der Waals surface area contributed by atoms with Crippen molar-refractivity contribution in [3.05, 3.63) is 69.8 Å². The summed E-state index contributed by atoms with van der Waals surface area (Å²) in [5.74, 6) is 0.306. The monoisotopic (exact) mass is 368 g/mol. The van der Waals surface area contributed by atoms with Gasteiger partial charge in [-0.05, 0) is 41.5 Å². The lowest BCUT2D eigenvalue weighted by Gasteiger charge is -2.08. The Bertz CT molecular complexity index is 884. The molecule has 0 atom stereocenters. The molecule has 138 valence electrons. The minimum atomic E-state index is -0.558. The van der Waals surface area contributed by atoms with Crippen LogP contribution in [0.4, 0.5) is 5.69 Å². The zero-order valence-electron chi connectivity index (χ0n) is 14.5. The van der Waals surface area contributed by atoms with Crippen LogP contribution in [-0.4, -0.2) is 24.6 Å². The number of benzene rings is 2. The van der Waals surface area contributed by atoms with Gasteiger partial charge in [0.2, 0.25) is 0 Å². The molecule has 2 aromatic rings. The average molecular weight is 368 g/mol. The molecule has 2 rings (SSSR count). The summed E-state index contributed by atoms with van der Waals surface area (Å²) < 4.78 is 15.5. The van der Waals surface area contributed by atoms with E-state index in [1.807, 2.05) is 6.07 Å². The van der Waals surface area contributed by atoms with Crippen molar-refractivity contribution in [1.29, 1.82) is 5.26 Å². The Morgan fingerprint density at radius 3 is 2.59 bits per heavy atom. The van der Waals surface area contributed by atoms with Gasteiger partial charge in [-0.25, -0.2) is 4.79 Å². The Labute approximate surface area is 155 Å². The second-order valence-electron chi connectivity index (χ2n) is 5.22. The largest absolute Gasteiger partial charge is 0.493 e. The van der Waals surface area contributed by atoms with Crippen LogP contribution in [0.3, 0.4) is 0 Å². The van der Waals surface area contributed by atoms with Gasteiger partial charge in [-0.15, -0.1) is 0 Å². The fourth-order valence-electron chi connectivity index (χ4n) is 2.10. The number of esters is 1. The predicted molar refractivity (Wildman–Crippen MR) is 96.0 cm³/mol. The Hall–Kier alpha value is -3.86. The van der Waals surface area contributed by atoms with Crippen molar-refractivity contribution in [2.75, 3.05) is 13.7 Å². The Kier molecular flexibility index (Phi) is 6.91. The van der Waals surface area contributed by atoms with Gasteiger partial charge in [-0.1, -0.05) is 6.07 Å². The number of hydrogen-bond donors (Lipinski definition) is 0. The first kappa shape index (κ1) is 19.5. The summed E-state index contributed by atoms with van der Waals surface area (Å²) in [6, 6.07) is 12.6. The van der Waals surface area contributed by atoms with E-state index >= 15 is 0 Å². The highest BCUT2D eigenvalue weighted by Crippen LogP contribution is 2.28. The highest BCUT2D eigenvalue weighted by Gasteiger charge is 2.06. The fourth-order valence-corrected chi connectivity index (χ4v) is 2.10. The minimum Gasteiger partial charge on any atom is -0.493 e. The lowest BCUT2D eigenvalue weighted by Crippen LogP contribution is -2.01.